The second-order valence-electron chi connectivity index (χ2n) is 11.3. The minimum Gasteiger partial charge on any atom is -1.00 e. The van der Waals surface area contributed by atoms with Crippen LogP contribution in [0.25, 0.3) is 0 Å². The van der Waals surface area contributed by atoms with Gasteiger partial charge in [-0.3, -0.25) is 0 Å². The molecule has 0 aromatic carbocycles. The fourth-order valence-corrected chi connectivity index (χ4v) is 6.83. The fraction of sp³-hybridized carbons (Fsp3) is 0.857. The molecule has 2 aliphatic carbocycles. The van der Waals surface area contributed by atoms with Crippen molar-refractivity contribution in [1.29, 1.82) is 0 Å². The van der Waals surface area contributed by atoms with Crippen molar-refractivity contribution in [2.24, 2.45) is 35.5 Å². The molecule has 2 rings (SSSR count). The zero-order chi connectivity index (χ0) is 22.9. The number of rotatable bonds is 8. The summed E-state index contributed by atoms with van der Waals surface area (Å²) < 4.78 is 1.24. The van der Waals surface area contributed by atoms with Gasteiger partial charge in [0.2, 0.25) is 0 Å². The molecule has 0 aromatic rings. The third-order valence-electron chi connectivity index (χ3n) is 8.23. The van der Waals surface area contributed by atoms with Crippen LogP contribution in [0.1, 0.15) is 80.1 Å². The predicted molar refractivity (Wildman–Crippen MR) is 143 cm³/mol. The van der Waals surface area contributed by atoms with Crippen molar-refractivity contribution < 1.29 is 16.9 Å². The topological polar surface area (TPSA) is 12.0 Å². The molecule has 0 radical (unpaired) electrons. The van der Waals surface area contributed by atoms with Crippen molar-refractivity contribution in [2.75, 3.05) is 27.2 Å². The largest absolute Gasteiger partial charge is 1.00 e. The maximum atomic E-state index is 4.25. The van der Waals surface area contributed by atoms with Crippen LogP contribution in [0.5, 0.6) is 0 Å². The fourth-order valence-electron chi connectivity index (χ4n) is 6.83. The van der Waals surface area contributed by atoms with Crippen molar-refractivity contribution in [1.82, 2.24) is 5.32 Å². The van der Waals surface area contributed by atoms with Gasteiger partial charge in [0.05, 0.1) is 25.2 Å². The van der Waals surface area contributed by atoms with Gasteiger partial charge in [-0.2, -0.15) is 0 Å². The van der Waals surface area contributed by atoms with Crippen LogP contribution in [0.3, 0.4) is 0 Å². The zero-order valence-electron chi connectivity index (χ0n) is 22.6. The Labute approximate surface area is 214 Å². The number of halogens is 2. The first-order chi connectivity index (χ1) is 14.2. The van der Waals surface area contributed by atoms with Crippen LogP contribution in [0.15, 0.2) is 25.3 Å². The summed E-state index contributed by atoms with van der Waals surface area (Å²) in [7, 11) is 3.75. The molecular weight excluding hydrogens is 435 g/mol. The van der Waals surface area contributed by atoms with Crippen LogP contribution in [0, 0.1) is 35.5 Å². The Balaban J connectivity index is 0. The lowest BCUT2D eigenvalue weighted by molar-refractivity contribution is -0.974. The summed E-state index contributed by atoms with van der Waals surface area (Å²) in [5.41, 5.74) is 0. The Morgan fingerprint density at radius 3 is 1.34 bits per heavy atom. The molecule has 2 aliphatic rings. The Morgan fingerprint density at radius 2 is 1.09 bits per heavy atom. The van der Waals surface area contributed by atoms with Gasteiger partial charge < -0.3 is 22.2 Å². The Morgan fingerprint density at radius 1 is 0.781 bits per heavy atom. The summed E-state index contributed by atoms with van der Waals surface area (Å²) >= 11 is 0. The summed E-state index contributed by atoms with van der Waals surface area (Å²) in [6.07, 6.45) is 12.9. The molecule has 2 saturated carbocycles. The molecule has 2 fully saturated rings. The third-order valence-corrected chi connectivity index (χ3v) is 8.23. The Hall–Kier alpha value is -0.0200. The average molecular weight is 492 g/mol. The lowest BCUT2D eigenvalue weighted by atomic mass is 9.67. The van der Waals surface area contributed by atoms with E-state index in [2.05, 4.69) is 72.2 Å². The molecular formula is C28H56Cl2N2. The number of nitrogens with zero attached hydrogens (tertiary/aromatic N) is 1. The first-order valence-electron chi connectivity index (χ1n) is 12.8. The number of hydrogen-bond acceptors (Lipinski definition) is 1. The number of nitrogens with one attached hydrogen (secondary N) is 1. The molecule has 0 saturated heterocycles. The lowest BCUT2D eigenvalue weighted by Crippen LogP contribution is -3.00. The van der Waals surface area contributed by atoms with E-state index in [1.165, 1.54) is 43.0 Å². The van der Waals surface area contributed by atoms with E-state index in [4.69, 9.17) is 0 Å². The van der Waals surface area contributed by atoms with Gasteiger partial charge >= 0.3 is 0 Å². The van der Waals surface area contributed by atoms with Gasteiger partial charge in [-0.1, -0.05) is 54.7 Å². The predicted octanol–water partition coefficient (Wildman–Crippen LogP) is 4.36. The molecule has 0 aromatic heterocycles. The number of quaternary nitrogens is 1. The van der Waals surface area contributed by atoms with Gasteiger partial charge in [0.25, 0.3) is 0 Å². The standard InChI is InChI=1S/C26H48N.C2H7N.2ClH/c1-9-15-27(16-10-2,25-17-21(7)11-13-23(25)19(3)4)26-18-22(8)12-14-24(26)20(5)6;1-3-2;;/h9-10,19-26H,1-2,11-18H2,3-8H3;3H,1-2H3;2*1H/q+1;;;/p-1. The van der Waals surface area contributed by atoms with E-state index in [1.807, 2.05) is 14.1 Å². The van der Waals surface area contributed by atoms with Crippen LogP contribution in [0.2, 0.25) is 0 Å². The SMILES string of the molecule is C=CC[N+](CC=C)(C1CC(C)CCC1C(C)C)C1CC(C)CCC1C(C)C.CNC.Cl.[Cl-]. The molecule has 0 spiro atoms. The second-order valence-corrected chi connectivity index (χ2v) is 11.3. The first-order valence-corrected chi connectivity index (χ1v) is 12.8. The maximum Gasteiger partial charge on any atom is 0.0977 e. The van der Waals surface area contributed by atoms with Crippen LogP contribution in [-0.2, 0) is 0 Å². The molecule has 0 amide bonds. The summed E-state index contributed by atoms with van der Waals surface area (Å²) in [5, 5.41) is 2.75. The van der Waals surface area contributed by atoms with Crippen molar-refractivity contribution in [3.05, 3.63) is 25.3 Å². The maximum absolute atomic E-state index is 4.25. The van der Waals surface area contributed by atoms with Crippen molar-refractivity contribution in [3.63, 3.8) is 0 Å². The Bertz CT molecular complexity index is 462. The Kier molecular flexibility index (Phi) is 17.7. The molecule has 32 heavy (non-hydrogen) atoms. The molecule has 1 N–H and O–H groups in total. The minimum atomic E-state index is 0. The smallest absolute Gasteiger partial charge is 0.0977 e. The van der Waals surface area contributed by atoms with E-state index in [-0.39, 0.29) is 24.8 Å². The van der Waals surface area contributed by atoms with Crippen LogP contribution >= 0.6 is 12.4 Å². The minimum absolute atomic E-state index is 0. The van der Waals surface area contributed by atoms with Crippen LogP contribution in [0.4, 0.5) is 0 Å². The summed E-state index contributed by atoms with van der Waals surface area (Å²) in [6, 6.07) is 1.53. The monoisotopic (exact) mass is 490 g/mol. The average Bonchev–Trinajstić information content (AvgIpc) is 2.67. The van der Waals surface area contributed by atoms with Crippen molar-refractivity contribution in [2.45, 2.75) is 92.2 Å². The van der Waals surface area contributed by atoms with Gasteiger partial charge in [-0.15, -0.1) is 12.4 Å². The lowest BCUT2D eigenvalue weighted by Gasteiger charge is -2.58. The van der Waals surface area contributed by atoms with Gasteiger partial charge in [0.1, 0.15) is 0 Å². The number of hydrogen-bond donors (Lipinski definition) is 1. The molecule has 6 unspecified atom stereocenters. The molecule has 0 heterocycles. The van der Waals surface area contributed by atoms with Crippen LogP contribution < -0.4 is 17.7 Å². The van der Waals surface area contributed by atoms with Gasteiger partial charge in [-0.25, -0.2) is 0 Å². The molecule has 2 nitrogen and oxygen atoms in total. The van der Waals surface area contributed by atoms with E-state index in [9.17, 15) is 0 Å². The summed E-state index contributed by atoms with van der Waals surface area (Å²) in [5.74, 6) is 4.94. The molecule has 6 atom stereocenters. The zero-order valence-corrected chi connectivity index (χ0v) is 24.2. The highest BCUT2D eigenvalue weighted by atomic mass is 35.5. The third kappa shape index (κ3) is 8.64. The molecule has 0 bridgehead atoms. The van der Waals surface area contributed by atoms with Crippen molar-refractivity contribution >= 4 is 12.4 Å². The second kappa shape index (κ2) is 16.6. The highest BCUT2D eigenvalue weighted by Crippen LogP contribution is 2.47. The first kappa shape index (κ1) is 34.1. The van der Waals surface area contributed by atoms with E-state index in [0.29, 0.717) is 0 Å². The normalized spacial score (nSPS) is 30.4. The van der Waals surface area contributed by atoms with Gasteiger partial charge in [0.15, 0.2) is 0 Å². The van der Waals surface area contributed by atoms with Crippen LogP contribution in [-0.4, -0.2) is 43.8 Å². The quantitative estimate of drug-likeness (QED) is 0.393. The summed E-state index contributed by atoms with van der Waals surface area (Å²) in [4.78, 5) is 0. The van der Waals surface area contributed by atoms with E-state index >= 15 is 0 Å². The van der Waals surface area contributed by atoms with E-state index < -0.39 is 0 Å². The molecule has 192 valence electrons. The van der Waals surface area contributed by atoms with Crippen molar-refractivity contribution in [3.8, 4) is 0 Å². The van der Waals surface area contributed by atoms with Gasteiger partial charge in [0, 0.05) is 24.7 Å². The summed E-state index contributed by atoms with van der Waals surface area (Å²) in [6.45, 7) is 25.6. The van der Waals surface area contributed by atoms with Gasteiger partial charge in [-0.05, 0) is 75.6 Å². The van der Waals surface area contributed by atoms with E-state index in [0.717, 1.165) is 60.7 Å². The molecule has 4 heteroatoms. The highest BCUT2D eigenvalue weighted by molar-refractivity contribution is 5.85. The van der Waals surface area contributed by atoms with E-state index in [1.54, 1.807) is 0 Å². The highest BCUT2D eigenvalue weighted by Gasteiger charge is 2.52. The molecule has 0 aliphatic heterocycles.